The average molecular weight is 250 g/mol. The van der Waals surface area contributed by atoms with Gasteiger partial charge in [0.2, 0.25) is 0 Å². The molecular weight excluding hydrogens is 227 g/mol. The Balaban J connectivity index is 1.84. The molecule has 2 nitrogen and oxygen atoms in total. The van der Waals surface area contributed by atoms with Crippen LogP contribution in [0.25, 0.3) is 0 Å². The summed E-state index contributed by atoms with van der Waals surface area (Å²) in [6, 6.07) is 8.12. The SMILES string of the molecule is CC(CC1CCCN1)NC(C)c1cccc(F)c1. The molecule has 0 saturated carbocycles. The third-order valence-electron chi connectivity index (χ3n) is 3.68. The van der Waals surface area contributed by atoms with Gasteiger partial charge in [0, 0.05) is 18.1 Å². The van der Waals surface area contributed by atoms with E-state index >= 15 is 0 Å². The Morgan fingerprint density at radius 2 is 2.28 bits per heavy atom. The van der Waals surface area contributed by atoms with Crippen molar-refractivity contribution in [2.45, 2.75) is 51.2 Å². The van der Waals surface area contributed by atoms with Crippen molar-refractivity contribution in [2.75, 3.05) is 6.54 Å². The summed E-state index contributed by atoms with van der Waals surface area (Å²) in [7, 11) is 0. The van der Waals surface area contributed by atoms with E-state index in [0.29, 0.717) is 12.1 Å². The lowest BCUT2D eigenvalue weighted by Crippen LogP contribution is -2.35. The van der Waals surface area contributed by atoms with Crippen molar-refractivity contribution in [1.82, 2.24) is 10.6 Å². The minimum Gasteiger partial charge on any atom is -0.314 e. The molecule has 1 aromatic carbocycles. The third-order valence-corrected chi connectivity index (χ3v) is 3.68. The summed E-state index contributed by atoms with van der Waals surface area (Å²) < 4.78 is 13.2. The molecule has 1 aliphatic heterocycles. The Bertz CT molecular complexity index is 375. The van der Waals surface area contributed by atoms with Crippen molar-refractivity contribution in [3.8, 4) is 0 Å². The Morgan fingerprint density at radius 1 is 1.44 bits per heavy atom. The summed E-state index contributed by atoms with van der Waals surface area (Å²) in [6.07, 6.45) is 3.71. The number of benzene rings is 1. The van der Waals surface area contributed by atoms with Crippen LogP contribution in [0.1, 0.15) is 44.7 Å². The molecule has 0 spiro atoms. The molecular formula is C15H23FN2. The van der Waals surface area contributed by atoms with Crippen LogP contribution in [0.15, 0.2) is 24.3 Å². The summed E-state index contributed by atoms with van der Waals surface area (Å²) in [6.45, 7) is 5.44. The summed E-state index contributed by atoms with van der Waals surface area (Å²) in [5.41, 5.74) is 1.02. The maximum absolute atomic E-state index is 13.2. The van der Waals surface area contributed by atoms with Crippen molar-refractivity contribution in [3.63, 3.8) is 0 Å². The Labute approximate surface area is 109 Å². The Hall–Kier alpha value is -0.930. The highest BCUT2D eigenvalue weighted by atomic mass is 19.1. The molecule has 1 fully saturated rings. The predicted molar refractivity (Wildman–Crippen MR) is 73.1 cm³/mol. The van der Waals surface area contributed by atoms with Gasteiger partial charge in [-0.05, 0) is 57.4 Å². The van der Waals surface area contributed by atoms with Gasteiger partial charge in [0.25, 0.3) is 0 Å². The molecule has 3 atom stereocenters. The normalized spacial score (nSPS) is 22.9. The third kappa shape index (κ3) is 3.79. The van der Waals surface area contributed by atoms with Gasteiger partial charge < -0.3 is 10.6 Å². The van der Waals surface area contributed by atoms with E-state index in [0.717, 1.165) is 18.5 Å². The molecule has 2 N–H and O–H groups in total. The minimum absolute atomic E-state index is 0.161. The van der Waals surface area contributed by atoms with Crippen LogP contribution in [0, 0.1) is 5.82 Å². The fourth-order valence-corrected chi connectivity index (χ4v) is 2.75. The maximum atomic E-state index is 13.2. The average Bonchev–Trinajstić information content (AvgIpc) is 2.81. The Morgan fingerprint density at radius 3 is 2.94 bits per heavy atom. The second kappa shape index (κ2) is 6.30. The molecule has 1 aromatic rings. The molecule has 1 saturated heterocycles. The number of hydrogen-bond acceptors (Lipinski definition) is 2. The van der Waals surface area contributed by atoms with Gasteiger partial charge in [-0.1, -0.05) is 12.1 Å². The molecule has 0 bridgehead atoms. The van der Waals surface area contributed by atoms with E-state index < -0.39 is 0 Å². The van der Waals surface area contributed by atoms with Crippen molar-refractivity contribution in [3.05, 3.63) is 35.6 Å². The molecule has 0 radical (unpaired) electrons. The first-order chi connectivity index (χ1) is 8.65. The molecule has 0 amide bonds. The van der Waals surface area contributed by atoms with Gasteiger partial charge in [0.05, 0.1) is 0 Å². The van der Waals surface area contributed by atoms with E-state index in [1.807, 2.05) is 6.07 Å². The first-order valence-electron chi connectivity index (χ1n) is 6.90. The van der Waals surface area contributed by atoms with Crippen molar-refractivity contribution in [2.24, 2.45) is 0 Å². The zero-order chi connectivity index (χ0) is 13.0. The zero-order valence-corrected chi connectivity index (χ0v) is 11.2. The van der Waals surface area contributed by atoms with E-state index in [1.165, 1.54) is 18.9 Å². The van der Waals surface area contributed by atoms with E-state index in [2.05, 4.69) is 24.5 Å². The smallest absolute Gasteiger partial charge is 0.123 e. The van der Waals surface area contributed by atoms with Gasteiger partial charge >= 0.3 is 0 Å². The molecule has 1 aliphatic rings. The minimum atomic E-state index is -0.161. The predicted octanol–water partition coefficient (Wildman–Crippen LogP) is 3.01. The van der Waals surface area contributed by atoms with Crippen LogP contribution in [0.5, 0.6) is 0 Å². The van der Waals surface area contributed by atoms with Gasteiger partial charge in [0.15, 0.2) is 0 Å². The zero-order valence-electron chi connectivity index (χ0n) is 11.2. The topological polar surface area (TPSA) is 24.1 Å². The first-order valence-corrected chi connectivity index (χ1v) is 6.90. The quantitative estimate of drug-likeness (QED) is 0.839. The molecule has 100 valence electrons. The van der Waals surface area contributed by atoms with Gasteiger partial charge in [-0.2, -0.15) is 0 Å². The highest BCUT2D eigenvalue weighted by molar-refractivity contribution is 5.19. The van der Waals surface area contributed by atoms with Gasteiger partial charge in [-0.25, -0.2) is 4.39 Å². The molecule has 3 heteroatoms. The van der Waals surface area contributed by atoms with Crippen LogP contribution in [-0.4, -0.2) is 18.6 Å². The first kappa shape index (κ1) is 13.5. The maximum Gasteiger partial charge on any atom is 0.123 e. The van der Waals surface area contributed by atoms with Crippen LogP contribution >= 0.6 is 0 Å². The number of halogens is 1. The van der Waals surface area contributed by atoms with Crippen LogP contribution in [-0.2, 0) is 0 Å². The van der Waals surface area contributed by atoms with E-state index in [-0.39, 0.29) is 11.9 Å². The molecule has 0 aromatic heterocycles. The van der Waals surface area contributed by atoms with Crippen molar-refractivity contribution in [1.29, 1.82) is 0 Å². The largest absolute Gasteiger partial charge is 0.314 e. The van der Waals surface area contributed by atoms with Crippen molar-refractivity contribution >= 4 is 0 Å². The lowest BCUT2D eigenvalue weighted by molar-refractivity contribution is 0.407. The van der Waals surface area contributed by atoms with E-state index in [9.17, 15) is 4.39 Å². The van der Waals surface area contributed by atoms with E-state index in [1.54, 1.807) is 12.1 Å². The second-order valence-corrected chi connectivity index (χ2v) is 5.37. The molecule has 0 aliphatic carbocycles. The summed E-state index contributed by atoms with van der Waals surface area (Å²) in [5, 5.41) is 7.05. The summed E-state index contributed by atoms with van der Waals surface area (Å²) >= 11 is 0. The molecule has 2 rings (SSSR count). The Kier molecular flexibility index (Phi) is 4.72. The lowest BCUT2D eigenvalue weighted by atomic mass is 10.0. The van der Waals surface area contributed by atoms with Crippen LogP contribution in [0.3, 0.4) is 0 Å². The standard InChI is InChI=1S/C15H23FN2/c1-11(9-15-7-4-8-17-15)18-12(2)13-5-3-6-14(16)10-13/h3,5-6,10-12,15,17-18H,4,7-9H2,1-2H3. The summed E-state index contributed by atoms with van der Waals surface area (Å²) in [4.78, 5) is 0. The van der Waals surface area contributed by atoms with Crippen molar-refractivity contribution < 1.29 is 4.39 Å². The fourth-order valence-electron chi connectivity index (χ4n) is 2.75. The van der Waals surface area contributed by atoms with Gasteiger partial charge in [0.1, 0.15) is 5.82 Å². The van der Waals surface area contributed by atoms with Crippen LogP contribution < -0.4 is 10.6 Å². The molecule has 18 heavy (non-hydrogen) atoms. The highest BCUT2D eigenvalue weighted by Gasteiger charge is 2.18. The molecule has 1 heterocycles. The van der Waals surface area contributed by atoms with Crippen LogP contribution in [0.2, 0.25) is 0 Å². The summed E-state index contributed by atoms with van der Waals surface area (Å²) in [5.74, 6) is -0.161. The fraction of sp³-hybridized carbons (Fsp3) is 0.600. The van der Waals surface area contributed by atoms with E-state index in [4.69, 9.17) is 0 Å². The highest BCUT2D eigenvalue weighted by Crippen LogP contribution is 2.17. The van der Waals surface area contributed by atoms with Crippen LogP contribution in [0.4, 0.5) is 4.39 Å². The number of rotatable bonds is 5. The number of nitrogens with one attached hydrogen (secondary N) is 2. The van der Waals surface area contributed by atoms with Gasteiger partial charge in [-0.3, -0.25) is 0 Å². The lowest BCUT2D eigenvalue weighted by Gasteiger charge is -2.23. The second-order valence-electron chi connectivity index (χ2n) is 5.37. The van der Waals surface area contributed by atoms with Gasteiger partial charge in [-0.15, -0.1) is 0 Å². The number of hydrogen-bond donors (Lipinski definition) is 2. The monoisotopic (exact) mass is 250 g/mol. The molecule has 3 unspecified atom stereocenters.